The number of hydrogen-bond donors (Lipinski definition) is 2. The van der Waals surface area contributed by atoms with Crippen LogP contribution in [0.2, 0.25) is 0 Å². The molecule has 3 unspecified atom stereocenters. The van der Waals surface area contributed by atoms with Gasteiger partial charge in [-0.2, -0.15) is 0 Å². The van der Waals surface area contributed by atoms with E-state index in [2.05, 4.69) is 17.2 Å². The van der Waals surface area contributed by atoms with E-state index in [0.29, 0.717) is 12.4 Å². The molecule has 0 saturated carbocycles. The van der Waals surface area contributed by atoms with Crippen LogP contribution in [0.25, 0.3) is 0 Å². The number of epoxide rings is 1. The molecule has 2 aromatic rings. The number of carbonyl (C=O) groups is 3. The highest BCUT2D eigenvalue weighted by Gasteiger charge is 2.85. The average molecular weight is 534 g/mol. The zero-order valence-corrected chi connectivity index (χ0v) is 23.1. The molecular weight excluding hydrogens is 494 g/mol. The summed E-state index contributed by atoms with van der Waals surface area (Å²) in [4.78, 5) is 45.1. The van der Waals surface area contributed by atoms with Crippen molar-refractivity contribution in [2.45, 2.75) is 70.5 Å². The van der Waals surface area contributed by atoms with E-state index >= 15 is 0 Å². The third kappa shape index (κ3) is 5.68. The minimum absolute atomic E-state index is 0.113. The Kier molecular flexibility index (Phi) is 8.97. The fourth-order valence-electron chi connectivity index (χ4n) is 5.33. The van der Waals surface area contributed by atoms with Crippen molar-refractivity contribution in [3.63, 3.8) is 0 Å². The summed E-state index contributed by atoms with van der Waals surface area (Å²) in [5.74, 6) is -1.04. The van der Waals surface area contributed by atoms with Gasteiger partial charge in [0.15, 0.2) is 11.4 Å². The van der Waals surface area contributed by atoms with Crippen molar-refractivity contribution in [3.05, 3.63) is 70.9 Å². The summed E-state index contributed by atoms with van der Waals surface area (Å²) < 4.78 is 11.7. The van der Waals surface area contributed by atoms with Gasteiger partial charge in [-0.1, -0.05) is 62.6 Å². The Bertz CT molecular complexity index is 1250. The number of fused-ring (bicyclic) bond motifs is 2. The van der Waals surface area contributed by atoms with Crippen LogP contribution >= 0.6 is 0 Å². The number of nitrogens with one attached hydrogen (secondary N) is 1. The van der Waals surface area contributed by atoms with Crippen LogP contribution in [0, 0.1) is 5.92 Å². The van der Waals surface area contributed by atoms with Crippen LogP contribution in [0.5, 0.6) is 0 Å². The largest absolute Gasteiger partial charge is 0.463 e. The molecule has 2 heterocycles. The number of aromatic nitrogens is 1. The number of unbranched alkanes of at least 4 members (excludes halogenated alkanes) is 1. The summed E-state index contributed by atoms with van der Waals surface area (Å²) in [6.07, 6.45) is 8.11. The van der Waals surface area contributed by atoms with Crippen molar-refractivity contribution in [1.82, 2.24) is 10.3 Å². The van der Waals surface area contributed by atoms with Crippen molar-refractivity contribution in [2.75, 3.05) is 25.4 Å². The molecule has 2 aliphatic rings. The van der Waals surface area contributed by atoms with E-state index in [1.807, 2.05) is 32.1 Å². The maximum Gasteiger partial charge on any atom is 0.350 e. The van der Waals surface area contributed by atoms with E-state index in [-0.39, 0.29) is 35.9 Å². The molecule has 39 heavy (non-hydrogen) atoms. The molecule has 1 saturated heterocycles. The number of esters is 1. The molecule has 0 bridgehead atoms. The number of pyridine rings is 1. The first-order valence-electron chi connectivity index (χ1n) is 13.9. The van der Waals surface area contributed by atoms with E-state index in [0.717, 1.165) is 49.8 Å². The van der Waals surface area contributed by atoms with Crippen molar-refractivity contribution in [1.29, 1.82) is 0 Å². The van der Waals surface area contributed by atoms with Gasteiger partial charge in [0.25, 0.3) is 5.60 Å². The molecule has 0 amide bonds. The van der Waals surface area contributed by atoms with Gasteiger partial charge < -0.3 is 20.5 Å². The fourth-order valence-corrected chi connectivity index (χ4v) is 5.33. The Balaban J connectivity index is 1.54. The molecule has 1 aliphatic heterocycles. The molecule has 0 spiro atoms. The average Bonchev–Trinajstić information content (AvgIpc) is 3.65. The summed E-state index contributed by atoms with van der Waals surface area (Å²) >= 11 is 0. The zero-order chi connectivity index (χ0) is 28.0. The van der Waals surface area contributed by atoms with E-state index in [1.165, 1.54) is 0 Å². The second-order valence-electron chi connectivity index (χ2n) is 10.6. The number of hydrogen-bond acceptors (Lipinski definition) is 8. The maximum atomic E-state index is 13.7. The standard InChI is InChI=1S/C31H39N3O5/c1-4-6-9-23(19-33-5-2)20-38-29(37)31-28(36)25-11-8-7-10-24(25)27(35)30(31,39-31)16-14-21(3)12-13-22-15-17-34-26(32)18-22/h7-8,10-11,14-15,17-18,23,33H,4-6,9,12-13,16,19-20H2,1-3H3,(H2,32,34). The SMILES string of the molecule is CCCCC(CNCC)COC(=O)C12OC1(CC=C(C)CCc1ccnc(N)c1)C(=O)c1ccccc1C2=O. The Hall–Kier alpha value is -3.36. The first kappa shape index (κ1) is 28.6. The highest BCUT2D eigenvalue weighted by Crippen LogP contribution is 2.58. The number of rotatable bonds is 14. The molecule has 208 valence electrons. The summed E-state index contributed by atoms with van der Waals surface area (Å²) in [5, 5.41) is 3.31. The van der Waals surface area contributed by atoms with E-state index in [1.54, 1.807) is 30.5 Å². The number of nitrogens with two attached hydrogens (primary N) is 1. The highest BCUT2D eigenvalue weighted by atomic mass is 16.7. The van der Waals surface area contributed by atoms with Gasteiger partial charge in [-0.25, -0.2) is 9.78 Å². The molecule has 3 N–H and O–H groups in total. The number of Topliss-reactive ketones (excluding diaryl/α,β-unsaturated/α-hetero) is 2. The van der Waals surface area contributed by atoms with Crippen LogP contribution in [0.15, 0.2) is 54.2 Å². The Morgan fingerprint density at radius 1 is 1.18 bits per heavy atom. The molecule has 8 nitrogen and oxygen atoms in total. The lowest BCUT2D eigenvalue weighted by atomic mass is 9.72. The molecule has 0 radical (unpaired) electrons. The van der Waals surface area contributed by atoms with Crippen molar-refractivity contribution >= 4 is 23.4 Å². The number of ether oxygens (including phenoxy) is 2. The summed E-state index contributed by atoms with van der Waals surface area (Å²) in [5.41, 5.74) is 4.83. The summed E-state index contributed by atoms with van der Waals surface area (Å²) in [7, 11) is 0. The minimum atomic E-state index is -1.94. The predicted octanol–water partition coefficient (Wildman–Crippen LogP) is 4.48. The lowest BCUT2D eigenvalue weighted by Crippen LogP contribution is -2.50. The number of nitrogen functional groups attached to an aromatic ring is 1. The van der Waals surface area contributed by atoms with Gasteiger partial charge in [0.2, 0.25) is 5.78 Å². The van der Waals surface area contributed by atoms with Crippen molar-refractivity contribution in [3.8, 4) is 0 Å². The molecule has 1 aromatic carbocycles. The normalized spacial score (nSPS) is 22.7. The number of anilines is 1. The van der Waals surface area contributed by atoms with Gasteiger partial charge in [-0.3, -0.25) is 9.59 Å². The Labute approximate surface area is 230 Å². The van der Waals surface area contributed by atoms with Crippen LogP contribution in [0.1, 0.15) is 79.2 Å². The number of aryl methyl sites for hydroxylation is 1. The maximum absolute atomic E-state index is 13.7. The molecule has 1 fully saturated rings. The first-order chi connectivity index (χ1) is 18.8. The first-order valence-corrected chi connectivity index (χ1v) is 13.9. The number of allylic oxidation sites excluding steroid dienone is 1. The Morgan fingerprint density at radius 3 is 2.62 bits per heavy atom. The van der Waals surface area contributed by atoms with Gasteiger partial charge >= 0.3 is 5.97 Å². The molecular formula is C31H39N3O5. The molecule has 8 heteroatoms. The summed E-state index contributed by atoms with van der Waals surface area (Å²) in [6, 6.07) is 10.3. The topological polar surface area (TPSA) is 124 Å². The number of benzene rings is 1. The van der Waals surface area contributed by atoms with Crippen LogP contribution in [-0.2, 0) is 20.7 Å². The smallest absolute Gasteiger partial charge is 0.350 e. The second-order valence-corrected chi connectivity index (χ2v) is 10.6. The van der Waals surface area contributed by atoms with E-state index in [9.17, 15) is 14.4 Å². The Morgan fingerprint density at radius 2 is 1.92 bits per heavy atom. The number of nitrogens with zero attached hydrogens (tertiary/aromatic N) is 1. The van der Waals surface area contributed by atoms with Crippen LogP contribution in [0.3, 0.4) is 0 Å². The lowest BCUT2D eigenvalue weighted by molar-refractivity contribution is -0.149. The lowest BCUT2D eigenvalue weighted by Gasteiger charge is -2.24. The van der Waals surface area contributed by atoms with Crippen molar-refractivity contribution in [2.24, 2.45) is 5.92 Å². The van der Waals surface area contributed by atoms with Gasteiger partial charge in [0, 0.05) is 36.2 Å². The third-order valence-electron chi connectivity index (χ3n) is 7.74. The molecule has 4 rings (SSSR count). The van der Waals surface area contributed by atoms with E-state index < -0.39 is 23.0 Å². The number of ketones is 2. The third-order valence-corrected chi connectivity index (χ3v) is 7.74. The van der Waals surface area contributed by atoms with E-state index in [4.69, 9.17) is 15.2 Å². The molecule has 1 aliphatic carbocycles. The molecule has 3 atom stereocenters. The van der Waals surface area contributed by atoms with Crippen molar-refractivity contribution < 1.29 is 23.9 Å². The van der Waals surface area contributed by atoms with Crippen LogP contribution < -0.4 is 11.1 Å². The van der Waals surface area contributed by atoms with Gasteiger partial charge in [-0.15, -0.1) is 0 Å². The van der Waals surface area contributed by atoms with Gasteiger partial charge in [0.1, 0.15) is 5.82 Å². The molecule has 1 aromatic heterocycles. The second kappa shape index (κ2) is 12.2. The van der Waals surface area contributed by atoms with Gasteiger partial charge in [0.05, 0.1) is 6.61 Å². The summed E-state index contributed by atoms with van der Waals surface area (Å²) in [6.45, 7) is 7.81. The number of carbonyl (C=O) groups excluding carboxylic acids is 3. The fraction of sp³-hybridized carbons (Fsp3) is 0.484. The highest BCUT2D eigenvalue weighted by molar-refractivity contribution is 6.32. The van der Waals surface area contributed by atoms with Crippen LogP contribution in [-0.4, -0.2) is 53.4 Å². The zero-order valence-electron chi connectivity index (χ0n) is 23.1. The van der Waals surface area contributed by atoms with Crippen LogP contribution in [0.4, 0.5) is 5.82 Å². The minimum Gasteiger partial charge on any atom is -0.463 e. The quantitative estimate of drug-likeness (QED) is 0.158. The van der Waals surface area contributed by atoms with Gasteiger partial charge in [-0.05, 0) is 50.4 Å². The predicted molar refractivity (Wildman–Crippen MR) is 150 cm³/mol. The monoisotopic (exact) mass is 533 g/mol.